The first-order valence-electron chi connectivity index (χ1n) is 5.70. The number of carboxylic acids is 1. The summed E-state index contributed by atoms with van der Waals surface area (Å²) in [7, 11) is 1.79. The van der Waals surface area contributed by atoms with Crippen molar-refractivity contribution in [1.29, 1.82) is 0 Å². The predicted octanol–water partition coefficient (Wildman–Crippen LogP) is 1.64. The lowest BCUT2D eigenvalue weighted by molar-refractivity contribution is -0.385. The number of hydrogen-bond donors (Lipinski definition) is 2. The van der Waals surface area contributed by atoms with Gasteiger partial charge in [0.05, 0.1) is 11.1 Å². The fourth-order valence-electron chi connectivity index (χ4n) is 1.74. The van der Waals surface area contributed by atoms with Crippen LogP contribution in [0.3, 0.4) is 0 Å². The van der Waals surface area contributed by atoms with Crippen LogP contribution < -0.4 is 5.32 Å². The van der Waals surface area contributed by atoms with Gasteiger partial charge in [-0.15, -0.1) is 0 Å². The van der Waals surface area contributed by atoms with Crippen LogP contribution in [0, 0.1) is 10.1 Å². The van der Waals surface area contributed by atoms with E-state index in [2.05, 4.69) is 10.4 Å². The number of anilines is 1. The molecular formula is C12H12N4O4. The van der Waals surface area contributed by atoms with E-state index >= 15 is 0 Å². The molecule has 0 spiro atoms. The van der Waals surface area contributed by atoms with Gasteiger partial charge in [0.1, 0.15) is 5.56 Å². The molecule has 1 heterocycles. The first kappa shape index (κ1) is 13.5. The number of rotatable bonds is 5. The minimum Gasteiger partial charge on any atom is -0.477 e. The van der Waals surface area contributed by atoms with Crippen LogP contribution in [0.25, 0.3) is 0 Å². The number of benzene rings is 1. The molecule has 8 nitrogen and oxygen atoms in total. The van der Waals surface area contributed by atoms with Crippen LogP contribution in [0.4, 0.5) is 11.4 Å². The molecule has 0 aliphatic heterocycles. The molecule has 0 aliphatic rings. The molecule has 0 radical (unpaired) electrons. The molecule has 0 aliphatic carbocycles. The van der Waals surface area contributed by atoms with Gasteiger partial charge in [0, 0.05) is 37.1 Å². The highest BCUT2D eigenvalue weighted by Gasteiger charge is 2.19. The van der Waals surface area contributed by atoms with E-state index in [1.54, 1.807) is 17.9 Å². The number of nitrogens with one attached hydrogen (secondary N) is 1. The van der Waals surface area contributed by atoms with E-state index in [0.29, 0.717) is 12.2 Å². The van der Waals surface area contributed by atoms with Crippen molar-refractivity contribution in [1.82, 2.24) is 9.78 Å². The predicted molar refractivity (Wildman–Crippen MR) is 70.6 cm³/mol. The van der Waals surface area contributed by atoms with Crippen LogP contribution in [-0.2, 0) is 13.6 Å². The molecule has 104 valence electrons. The van der Waals surface area contributed by atoms with Gasteiger partial charge in [-0.3, -0.25) is 14.8 Å². The third-order valence-corrected chi connectivity index (χ3v) is 2.68. The Morgan fingerprint density at radius 2 is 2.30 bits per heavy atom. The van der Waals surface area contributed by atoms with Gasteiger partial charge in [-0.1, -0.05) is 0 Å². The van der Waals surface area contributed by atoms with Crippen LogP contribution in [0.15, 0.2) is 30.6 Å². The largest absolute Gasteiger partial charge is 0.477 e. The standard InChI is InChI=1S/C12H12N4O4/c1-15-7-8(6-14-15)5-13-9-2-3-10(12(17)18)11(4-9)16(19)20/h2-4,6-7,13H,5H2,1H3,(H,17,18). The molecular weight excluding hydrogens is 264 g/mol. The molecule has 1 aromatic carbocycles. The van der Waals surface area contributed by atoms with Crippen LogP contribution in [0.1, 0.15) is 15.9 Å². The smallest absolute Gasteiger partial charge is 0.342 e. The minimum absolute atomic E-state index is 0.332. The van der Waals surface area contributed by atoms with Crippen molar-refractivity contribution >= 4 is 17.3 Å². The van der Waals surface area contributed by atoms with Gasteiger partial charge < -0.3 is 10.4 Å². The number of carboxylic acid groups (broad SMARTS) is 1. The Hall–Kier alpha value is -2.90. The number of nitro benzene ring substituents is 1. The van der Waals surface area contributed by atoms with E-state index in [0.717, 1.165) is 5.56 Å². The molecule has 2 aromatic rings. The van der Waals surface area contributed by atoms with Gasteiger partial charge in [0.25, 0.3) is 5.69 Å². The molecule has 0 unspecified atom stereocenters. The van der Waals surface area contributed by atoms with Crippen LogP contribution in [-0.4, -0.2) is 25.8 Å². The molecule has 20 heavy (non-hydrogen) atoms. The summed E-state index contributed by atoms with van der Waals surface area (Å²) in [5.74, 6) is -1.32. The number of nitro groups is 1. The lowest BCUT2D eigenvalue weighted by Gasteiger charge is -2.05. The summed E-state index contributed by atoms with van der Waals surface area (Å²) in [5.41, 5.74) is 0.624. The van der Waals surface area contributed by atoms with Crippen molar-refractivity contribution in [2.45, 2.75) is 6.54 Å². The quantitative estimate of drug-likeness (QED) is 0.634. The van der Waals surface area contributed by atoms with Gasteiger partial charge in [0.15, 0.2) is 0 Å². The first-order valence-corrected chi connectivity index (χ1v) is 5.70. The highest BCUT2D eigenvalue weighted by Crippen LogP contribution is 2.23. The Bertz CT molecular complexity index is 665. The molecule has 0 saturated heterocycles. The topological polar surface area (TPSA) is 110 Å². The molecule has 2 N–H and O–H groups in total. The van der Waals surface area contributed by atoms with E-state index in [9.17, 15) is 14.9 Å². The number of carbonyl (C=O) groups is 1. The molecule has 0 saturated carbocycles. The summed E-state index contributed by atoms with van der Waals surface area (Å²) in [6, 6.07) is 3.92. The van der Waals surface area contributed by atoms with E-state index in [1.807, 2.05) is 6.20 Å². The summed E-state index contributed by atoms with van der Waals surface area (Å²) >= 11 is 0. The third kappa shape index (κ3) is 2.91. The Kier molecular flexibility index (Phi) is 3.65. The van der Waals surface area contributed by atoms with Gasteiger partial charge >= 0.3 is 5.97 Å². The number of hydrogen-bond acceptors (Lipinski definition) is 5. The maximum absolute atomic E-state index is 10.9. The summed E-state index contributed by atoms with van der Waals surface area (Å²) in [6.07, 6.45) is 3.49. The molecule has 0 fully saturated rings. The molecule has 0 bridgehead atoms. The normalized spacial score (nSPS) is 10.2. The van der Waals surface area contributed by atoms with E-state index in [1.165, 1.54) is 18.2 Å². The van der Waals surface area contributed by atoms with Crippen molar-refractivity contribution in [3.05, 3.63) is 51.8 Å². The molecule has 0 atom stereocenters. The lowest BCUT2D eigenvalue weighted by Crippen LogP contribution is -2.05. The minimum atomic E-state index is -1.32. The Labute approximate surface area is 113 Å². The summed E-state index contributed by atoms with van der Waals surface area (Å²) in [4.78, 5) is 21.0. The zero-order valence-corrected chi connectivity index (χ0v) is 10.6. The fourth-order valence-corrected chi connectivity index (χ4v) is 1.74. The average molecular weight is 276 g/mol. The van der Waals surface area contributed by atoms with Crippen molar-refractivity contribution < 1.29 is 14.8 Å². The fraction of sp³-hybridized carbons (Fsp3) is 0.167. The third-order valence-electron chi connectivity index (χ3n) is 2.68. The van der Waals surface area contributed by atoms with Crippen LogP contribution in [0.5, 0.6) is 0 Å². The SMILES string of the molecule is Cn1cc(CNc2ccc(C(=O)O)c([N+](=O)[O-])c2)cn1. The maximum Gasteiger partial charge on any atom is 0.342 e. The van der Waals surface area contributed by atoms with E-state index in [-0.39, 0.29) is 5.56 Å². The number of aromatic nitrogens is 2. The number of nitrogens with zero attached hydrogens (tertiary/aromatic N) is 3. The van der Waals surface area contributed by atoms with E-state index in [4.69, 9.17) is 5.11 Å². The van der Waals surface area contributed by atoms with Crippen LogP contribution >= 0.6 is 0 Å². The highest BCUT2D eigenvalue weighted by atomic mass is 16.6. The average Bonchev–Trinajstić information content (AvgIpc) is 2.81. The Morgan fingerprint density at radius 3 is 2.85 bits per heavy atom. The molecule has 1 aromatic heterocycles. The lowest BCUT2D eigenvalue weighted by atomic mass is 10.1. The number of aryl methyl sites for hydroxylation is 1. The summed E-state index contributed by atoms with van der Waals surface area (Å²) < 4.78 is 1.65. The van der Waals surface area contributed by atoms with Crippen molar-refractivity contribution in [2.24, 2.45) is 7.05 Å². The molecule has 2 rings (SSSR count). The first-order chi connectivity index (χ1) is 9.47. The van der Waals surface area contributed by atoms with Gasteiger partial charge in [-0.05, 0) is 12.1 Å². The van der Waals surface area contributed by atoms with Gasteiger partial charge in [0.2, 0.25) is 0 Å². The summed E-state index contributed by atoms with van der Waals surface area (Å²) in [6.45, 7) is 0.442. The highest BCUT2D eigenvalue weighted by molar-refractivity contribution is 5.93. The molecule has 8 heteroatoms. The van der Waals surface area contributed by atoms with E-state index < -0.39 is 16.6 Å². The maximum atomic E-state index is 10.9. The molecule has 0 amide bonds. The van der Waals surface area contributed by atoms with Crippen molar-refractivity contribution in [2.75, 3.05) is 5.32 Å². The number of aromatic carboxylic acids is 1. The summed E-state index contributed by atoms with van der Waals surface area (Å²) in [5, 5.41) is 26.7. The second-order valence-electron chi connectivity index (χ2n) is 4.17. The zero-order chi connectivity index (χ0) is 14.7. The van der Waals surface area contributed by atoms with Gasteiger partial charge in [-0.25, -0.2) is 4.79 Å². The van der Waals surface area contributed by atoms with Crippen LogP contribution in [0.2, 0.25) is 0 Å². The Balaban J connectivity index is 2.18. The van der Waals surface area contributed by atoms with Crippen molar-refractivity contribution in [3.8, 4) is 0 Å². The van der Waals surface area contributed by atoms with Crippen molar-refractivity contribution in [3.63, 3.8) is 0 Å². The van der Waals surface area contributed by atoms with Gasteiger partial charge in [-0.2, -0.15) is 5.10 Å². The monoisotopic (exact) mass is 276 g/mol. The Morgan fingerprint density at radius 1 is 1.55 bits per heavy atom. The zero-order valence-electron chi connectivity index (χ0n) is 10.6. The second-order valence-corrected chi connectivity index (χ2v) is 4.17. The second kappa shape index (κ2) is 5.39.